The Kier molecular flexibility index (Phi) is 3.25. The molecule has 9 heteroatoms. The van der Waals surface area contributed by atoms with Crippen LogP contribution >= 0.6 is 0 Å². The van der Waals surface area contributed by atoms with Crippen LogP contribution in [0.3, 0.4) is 0 Å². The monoisotopic (exact) mass is 278 g/mol. The number of hydrogen-bond acceptors (Lipinski definition) is 4. The first-order valence-corrected chi connectivity index (χ1v) is 5.43. The van der Waals surface area contributed by atoms with Gasteiger partial charge in [0.1, 0.15) is 0 Å². The smallest absolute Gasteiger partial charge is 0.325 e. The van der Waals surface area contributed by atoms with Crippen molar-refractivity contribution in [3.8, 4) is 0 Å². The van der Waals surface area contributed by atoms with Gasteiger partial charge in [0.25, 0.3) is 0 Å². The van der Waals surface area contributed by atoms with Crippen LogP contribution in [0.15, 0.2) is 23.0 Å². The molecule has 1 heterocycles. The lowest BCUT2D eigenvalue weighted by Crippen LogP contribution is -2.39. The fourth-order valence-corrected chi connectivity index (χ4v) is 1.69. The SMILES string of the molecule is NC(=O)C(C(=O)O)C(=O)Nc1ccc2[nH]c(=O)[nH]c2c1. The average Bonchev–Trinajstić information content (AvgIpc) is 2.67. The molecule has 1 aromatic heterocycles. The van der Waals surface area contributed by atoms with Gasteiger partial charge in [0, 0.05) is 5.69 Å². The number of amides is 2. The van der Waals surface area contributed by atoms with Crippen LogP contribution in [-0.2, 0) is 14.4 Å². The van der Waals surface area contributed by atoms with Gasteiger partial charge in [0.15, 0.2) is 0 Å². The molecule has 104 valence electrons. The Balaban J connectivity index is 2.26. The normalized spacial score (nSPS) is 12.0. The van der Waals surface area contributed by atoms with E-state index in [9.17, 15) is 19.2 Å². The summed E-state index contributed by atoms with van der Waals surface area (Å²) < 4.78 is 0. The Morgan fingerprint density at radius 3 is 2.45 bits per heavy atom. The maximum Gasteiger partial charge on any atom is 0.325 e. The van der Waals surface area contributed by atoms with Crippen molar-refractivity contribution in [1.29, 1.82) is 0 Å². The number of rotatable bonds is 4. The van der Waals surface area contributed by atoms with Gasteiger partial charge in [0.2, 0.25) is 17.7 Å². The molecule has 2 amide bonds. The fourth-order valence-electron chi connectivity index (χ4n) is 1.69. The second-order valence-electron chi connectivity index (χ2n) is 4.00. The molecule has 0 aliphatic heterocycles. The van der Waals surface area contributed by atoms with E-state index in [0.29, 0.717) is 11.0 Å². The van der Waals surface area contributed by atoms with E-state index in [1.54, 1.807) is 0 Å². The van der Waals surface area contributed by atoms with Gasteiger partial charge in [-0.1, -0.05) is 0 Å². The Bertz CT molecular complexity index is 746. The molecule has 1 unspecified atom stereocenters. The Labute approximate surface area is 110 Å². The van der Waals surface area contributed by atoms with E-state index in [1.807, 2.05) is 0 Å². The van der Waals surface area contributed by atoms with E-state index in [2.05, 4.69) is 15.3 Å². The minimum Gasteiger partial charge on any atom is -0.480 e. The van der Waals surface area contributed by atoms with Crippen molar-refractivity contribution in [2.45, 2.75) is 0 Å². The number of benzene rings is 1. The summed E-state index contributed by atoms with van der Waals surface area (Å²) in [5.41, 5.74) is 5.62. The summed E-state index contributed by atoms with van der Waals surface area (Å²) in [7, 11) is 0. The molecule has 0 bridgehead atoms. The zero-order valence-corrected chi connectivity index (χ0v) is 9.97. The molecule has 6 N–H and O–H groups in total. The lowest BCUT2D eigenvalue weighted by Gasteiger charge is -2.09. The van der Waals surface area contributed by atoms with Crippen molar-refractivity contribution in [3.05, 3.63) is 28.7 Å². The Morgan fingerprint density at radius 2 is 1.85 bits per heavy atom. The number of aliphatic carboxylic acids is 1. The van der Waals surface area contributed by atoms with E-state index in [0.717, 1.165) is 0 Å². The first-order valence-electron chi connectivity index (χ1n) is 5.43. The number of carboxylic acid groups (broad SMARTS) is 1. The Morgan fingerprint density at radius 1 is 1.20 bits per heavy atom. The second-order valence-corrected chi connectivity index (χ2v) is 4.00. The molecular weight excluding hydrogens is 268 g/mol. The van der Waals surface area contributed by atoms with Crippen molar-refractivity contribution in [3.63, 3.8) is 0 Å². The first-order chi connectivity index (χ1) is 9.38. The third kappa shape index (κ3) is 2.51. The number of imidazole rings is 1. The number of aromatic nitrogens is 2. The number of carboxylic acids is 1. The van der Waals surface area contributed by atoms with Crippen LogP contribution in [0.2, 0.25) is 0 Å². The number of carbonyl (C=O) groups excluding carboxylic acids is 2. The quantitative estimate of drug-likeness (QED) is 0.452. The zero-order valence-electron chi connectivity index (χ0n) is 9.97. The van der Waals surface area contributed by atoms with Gasteiger partial charge >= 0.3 is 11.7 Å². The van der Waals surface area contributed by atoms with Gasteiger partial charge in [-0.15, -0.1) is 0 Å². The highest BCUT2D eigenvalue weighted by atomic mass is 16.4. The summed E-state index contributed by atoms with van der Waals surface area (Å²) in [4.78, 5) is 49.4. The van der Waals surface area contributed by atoms with Crippen molar-refractivity contribution < 1.29 is 19.5 Å². The molecule has 0 aliphatic carbocycles. The van der Waals surface area contributed by atoms with Crippen LogP contribution in [0.25, 0.3) is 11.0 Å². The highest BCUT2D eigenvalue weighted by molar-refractivity contribution is 6.18. The van der Waals surface area contributed by atoms with Gasteiger partial charge < -0.3 is 26.1 Å². The molecule has 2 aromatic rings. The maximum absolute atomic E-state index is 11.7. The molecule has 0 fully saturated rings. The molecule has 0 spiro atoms. The molecular formula is C11H10N4O5. The van der Waals surface area contributed by atoms with E-state index in [4.69, 9.17) is 10.8 Å². The van der Waals surface area contributed by atoms with Crippen LogP contribution < -0.4 is 16.7 Å². The summed E-state index contributed by atoms with van der Waals surface area (Å²) in [6, 6.07) is 4.39. The summed E-state index contributed by atoms with van der Waals surface area (Å²) in [6.45, 7) is 0. The van der Waals surface area contributed by atoms with Crippen molar-refractivity contribution >= 4 is 34.5 Å². The number of primary amides is 1. The number of hydrogen-bond donors (Lipinski definition) is 5. The Hall–Kier alpha value is -3.10. The molecule has 2 rings (SSSR count). The third-order valence-electron chi connectivity index (χ3n) is 2.58. The van der Waals surface area contributed by atoms with E-state index in [1.165, 1.54) is 18.2 Å². The van der Waals surface area contributed by atoms with Gasteiger partial charge in [-0.05, 0) is 18.2 Å². The van der Waals surface area contributed by atoms with E-state index in [-0.39, 0.29) is 5.69 Å². The molecule has 1 atom stereocenters. The minimum atomic E-state index is -1.98. The third-order valence-corrected chi connectivity index (χ3v) is 2.58. The van der Waals surface area contributed by atoms with Crippen molar-refractivity contribution in [2.24, 2.45) is 11.7 Å². The van der Waals surface area contributed by atoms with Crippen LogP contribution in [0, 0.1) is 5.92 Å². The molecule has 0 saturated carbocycles. The molecule has 9 nitrogen and oxygen atoms in total. The van der Waals surface area contributed by atoms with Crippen LogP contribution in [0.5, 0.6) is 0 Å². The highest BCUT2D eigenvalue weighted by Gasteiger charge is 2.32. The zero-order chi connectivity index (χ0) is 14.9. The lowest BCUT2D eigenvalue weighted by atomic mass is 10.1. The van der Waals surface area contributed by atoms with Crippen LogP contribution in [-0.4, -0.2) is 32.9 Å². The predicted molar refractivity (Wildman–Crippen MR) is 67.9 cm³/mol. The average molecular weight is 278 g/mol. The standard InChI is InChI=1S/C11H10N4O5/c12-8(16)7(10(18)19)9(17)13-4-1-2-5-6(3-4)15-11(20)14-5/h1-3,7H,(H2,12,16)(H,13,17)(H,18,19)(H2,14,15,20). The van der Waals surface area contributed by atoms with Gasteiger partial charge in [-0.3, -0.25) is 14.4 Å². The number of anilines is 1. The molecule has 20 heavy (non-hydrogen) atoms. The van der Waals surface area contributed by atoms with Crippen LogP contribution in [0.4, 0.5) is 5.69 Å². The first kappa shape index (κ1) is 13.3. The number of nitrogens with two attached hydrogens (primary N) is 1. The topological polar surface area (TPSA) is 158 Å². The minimum absolute atomic E-state index is 0.227. The molecule has 0 aliphatic rings. The number of nitrogens with one attached hydrogen (secondary N) is 3. The molecule has 0 saturated heterocycles. The van der Waals surface area contributed by atoms with Gasteiger partial charge in [-0.2, -0.15) is 0 Å². The highest BCUT2D eigenvalue weighted by Crippen LogP contribution is 2.15. The summed E-state index contributed by atoms with van der Waals surface area (Å²) in [5, 5.41) is 11.0. The number of aromatic amines is 2. The van der Waals surface area contributed by atoms with Crippen LogP contribution in [0.1, 0.15) is 0 Å². The number of carbonyl (C=O) groups is 3. The lowest BCUT2D eigenvalue weighted by molar-refractivity contribution is -0.149. The number of fused-ring (bicyclic) bond motifs is 1. The summed E-state index contributed by atoms with van der Waals surface area (Å²) in [6.07, 6.45) is 0. The summed E-state index contributed by atoms with van der Waals surface area (Å²) >= 11 is 0. The second kappa shape index (κ2) is 4.88. The van der Waals surface area contributed by atoms with Gasteiger partial charge in [0.05, 0.1) is 11.0 Å². The largest absolute Gasteiger partial charge is 0.480 e. The maximum atomic E-state index is 11.7. The summed E-state index contributed by atoms with van der Waals surface area (Å²) in [5.74, 6) is -5.92. The van der Waals surface area contributed by atoms with Crippen molar-refractivity contribution in [1.82, 2.24) is 9.97 Å². The van der Waals surface area contributed by atoms with Crippen molar-refractivity contribution in [2.75, 3.05) is 5.32 Å². The predicted octanol–water partition coefficient (Wildman–Crippen LogP) is -1.02. The number of H-pyrrole nitrogens is 2. The van der Waals surface area contributed by atoms with E-state index >= 15 is 0 Å². The fraction of sp³-hybridized carbons (Fsp3) is 0.0909. The van der Waals surface area contributed by atoms with Gasteiger partial charge in [-0.25, -0.2) is 4.79 Å². The molecule has 0 radical (unpaired) electrons. The molecule has 1 aromatic carbocycles. The van der Waals surface area contributed by atoms with E-state index < -0.39 is 29.4 Å².